The number of hydrogen-bond donors (Lipinski definition) is 2. The maximum atomic E-state index is 12.4. The summed E-state index contributed by atoms with van der Waals surface area (Å²) in [4.78, 5) is 24.0. The Morgan fingerprint density at radius 2 is 1.80 bits per heavy atom. The van der Waals surface area contributed by atoms with Crippen molar-refractivity contribution in [2.24, 2.45) is 0 Å². The smallest absolute Gasteiger partial charge is 0.387 e. The molecule has 25 heavy (non-hydrogen) atoms. The minimum Gasteiger partial charge on any atom is -0.434 e. The van der Waals surface area contributed by atoms with E-state index in [1.54, 1.807) is 6.07 Å². The molecule has 132 valence electrons. The first-order chi connectivity index (χ1) is 11.9. The molecule has 0 saturated heterocycles. The molecule has 2 rings (SSSR count). The zero-order chi connectivity index (χ0) is 18.4. The van der Waals surface area contributed by atoms with Crippen molar-refractivity contribution < 1.29 is 23.1 Å². The molecular formula is C18H18F2N2O3. The molecule has 0 aliphatic heterocycles. The second kappa shape index (κ2) is 8.23. The molecule has 0 fully saturated rings. The van der Waals surface area contributed by atoms with Gasteiger partial charge in [-0.3, -0.25) is 9.59 Å². The van der Waals surface area contributed by atoms with Crippen molar-refractivity contribution in [2.45, 2.75) is 20.5 Å². The summed E-state index contributed by atoms with van der Waals surface area (Å²) in [6, 6.07) is 11.0. The molecule has 0 atom stereocenters. The number of amides is 2. The Morgan fingerprint density at radius 1 is 1.08 bits per heavy atom. The summed E-state index contributed by atoms with van der Waals surface area (Å²) in [5.41, 5.74) is 2.67. The first-order valence-electron chi connectivity index (χ1n) is 7.56. The number of hydrogen-bond acceptors (Lipinski definition) is 3. The number of aryl methyl sites for hydroxylation is 2. The zero-order valence-electron chi connectivity index (χ0n) is 13.8. The summed E-state index contributed by atoms with van der Waals surface area (Å²) in [7, 11) is 0. The Hall–Kier alpha value is -2.96. The molecule has 0 spiro atoms. The van der Waals surface area contributed by atoms with Crippen LogP contribution >= 0.6 is 0 Å². The highest BCUT2D eigenvalue weighted by molar-refractivity contribution is 6.00. The van der Waals surface area contributed by atoms with E-state index in [0.717, 1.165) is 11.1 Å². The van der Waals surface area contributed by atoms with E-state index in [1.165, 1.54) is 24.3 Å². The molecule has 0 aromatic heterocycles. The van der Waals surface area contributed by atoms with Gasteiger partial charge in [-0.05, 0) is 49.2 Å². The van der Waals surface area contributed by atoms with E-state index in [9.17, 15) is 18.4 Å². The van der Waals surface area contributed by atoms with Crippen molar-refractivity contribution in [1.82, 2.24) is 5.32 Å². The molecule has 2 aromatic carbocycles. The number of rotatable bonds is 6. The lowest BCUT2D eigenvalue weighted by Crippen LogP contribution is -2.33. The standard InChI is InChI=1S/C18H18F2N2O3/c1-11-7-8-13(9-12(11)2)22-16(23)10-21-17(24)14-5-3-4-6-15(14)25-18(19)20/h3-9,18H,10H2,1-2H3,(H,21,24)(H,22,23). The van der Waals surface area contributed by atoms with Crippen molar-refractivity contribution in [3.63, 3.8) is 0 Å². The lowest BCUT2D eigenvalue weighted by molar-refractivity contribution is -0.115. The maximum absolute atomic E-state index is 12.4. The van der Waals surface area contributed by atoms with Crippen LogP contribution in [0, 0.1) is 13.8 Å². The van der Waals surface area contributed by atoms with Crippen LogP contribution in [0.25, 0.3) is 0 Å². The molecule has 0 radical (unpaired) electrons. The quantitative estimate of drug-likeness (QED) is 0.842. The molecule has 0 bridgehead atoms. The average Bonchev–Trinajstić information content (AvgIpc) is 2.56. The van der Waals surface area contributed by atoms with Crippen molar-refractivity contribution in [3.05, 3.63) is 59.2 Å². The van der Waals surface area contributed by atoms with Gasteiger partial charge in [0.15, 0.2) is 0 Å². The monoisotopic (exact) mass is 348 g/mol. The summed E-state index contributed by atoms with van der Waals surface area (Å²) in [6.45, 7) is 0.545. The molecular weight excluding hydrogens is 330 g/mol. The average molecular weight is 348 g/mol. The van der Waals surface area contributed by atoms with Gasteiger partial charge in [0.1, 0.15) is 5.75 Å². The highest BCUT2D eigenvalue weighted by Gasteiger charge is 2.16. The molecule has 5 nitrogen and oxygen atoms in total. The number of anilines is 1. The largest absolute Gasteiger partial charge is 0.434 e. The van der Waals surface area contributed by atoms with Crippen LogP contribution in [0.1, 0.15) is 21.5 Å². The predicted octanol–water partition coefficient (Wildman–Crippen LogP) is 3.27. The minimum atomic E-state index is -3.04. The third-order valence-corrected chi connectivity index (χ3v) is 3.55. The van der Waals surface area contributed by atoms with Gasteiger partial charge in [-0.25, -0.2) is 0 Å². The fourth-order valence-corrected chi connectivity index (χ4v) is 2.13. The Balaban J connectivity index is 1.95. The summed E-state index contributed by atoms with van der Waals surface area (Å²) < 4.78 is 29.0. The van der Waals surface area contributed by atoms with E-state index in [1.807, 2.05) is 26.0 Å². The SMILES string of the molecule is Cc1ccc(NC(=O)CNC(=O)c2ccccc2OC(F)F)cc1C. The summed E-state index contributed by atoms with van der Waals surface area (Å²) in [5.74, 6) is -1.35. The number of carbonyl (C=O) groups is 2. The molecule has 0 unspecified atom stereocenters. The molecule has 2 N–H and O–H groups in total. The van der Waals surface area contributed by atoms with E-state index in [-0.39, 0.29) is 17.9 Å². The minimum absolute atomic E-state index is 0.0678. The predicted molar refractivity (Wildman–Crippen MR) is 90.0 cm³/mol. The third kappa shape index (κ3) is 5.27. The Kier molecular flexibility index (Phi) is 6.05. The van der Waals surface area contributed by atoms with Gasteiger partial charge < -0.3 is 15.4 Å². The first kappa shape index (κ1) is 18.4. The van der Waals surface area contributed by atoms with Crippen LogP contribution in [0.2, 0.25) is 0 Å². The van der Waals surface area contributed by atoms with E-state index in [4.69, 9.17) is 0 Å². The topological polar surface area (TPSA) is 67.4 Å². The van der Waals surface area contributed by atoms with E-state index < -0.39 is 18.4 Å². The molecule has 2 amide bonds. The third-order valence-electron chi connectivity index (χ3n) is 3.55. The number of carbonyl (C=O) groups excluding carboxylic acids is 2. The maximum Gasteiger partial charge on any atom is 0.387 e. The van der Waals surface area contributed by atoms with E-state index in [0.29, 0.717) is 5.69 Å². The van der Waals surface area contributed by atoms with Crippen LogP contribution in [-0.2, 0) is 4.79 Å². The molecule has 0 aliphatic carbocycles. The number of benzene rings is 2. The zero-order valence-corrected chi connectivity index (χ0v) is 13.8. The number of halogens is 2. The normalized spacial score (nSPS) is 10.4. The second-order valence-corrected chi connectivity index (χ2v) is 5.40. The molecule has 7 heteroatoms. The first-order valence-corrected chi connectivity index (χ1v) is 7.56. The van der Waals surface area contributed by atoms with Gasteiger partial charge in [0.25, 0.3) is 5.91 Å². The van der Waals surface area contributed by atoms with Crippen LogP contribution in [0.4, 0.5) is 14.5 Å². The summed E-state index contributed by atoms with van der Waals surface area (Å²) in [6.07, 6.45) is 0. The van der Waals surface area contributed by atoms with Crippen molar-refractivity contribution >= 4 is 17.5 Å². The lowest BCUT2D eigenvalue weighted by Gasteiger charge is -2.11. The second-order valence-electron chi connectivity index (χ2n) is 5.40. The van der Waals surface area contributed by atoms with Gasteiger partial charge >= 0.3 is 6.61 Å². The van der Waals surface area contributed by atoms with Crippen LogP contribution < -0.4 is 15.4 Å². The number of para-hydroxylation sites is 1. The van der Waals surface area contributed by atoms with Gasteiger partial charge in [0, 0.05) is 5.69 Å². The molecule has 2 aromatic rings. The van der Waals surface area contributed by atoms with Gasteiger partial charge in [0.05, 0.1) is 12.1 Å². The van der Waals surface area contributed by atoms with E-state index >= 15 is 0 Å². The Labute approximate surface area is 144 Å². The molecule has 0 heterocycles. The highest BCUT2D eigenvalue weighted by Crippen LogP contribution is 2.20. The van der Waals surface area contributed by atoms with Crippen molar-refractivity contribution in [2.75, 3.05) is 11.9 Å². The summed E-state index contributed by atoms with van der Waals surface area (Å²) >= 11 is 0. The van der Waals surface area contributed by atoms with Crippen LogP contribution in [-0.4, -0.2) is 25.0 Å². The van der Waals surface area contributed by atoms with Gasteiger partial charge in [-0.15, -0.1) is 0 Å². The number of ether oxygens (including phenoxy) is 1. The van der Waals surface area contributed by atoms with Crippen molar-refractivity contribution in [1.29, 1.82) is 0 Å². The van der Waals surface area contributed by atoms with Gasteiger partial charge in [-0.1, -0.05) is 18.2 Å². The lowest BCUT2D eigenvalue weighted by atomic mass is 10.1. The number of nitrogens with one attached hydrogen (secondary N) is 2. The van der Waals surface area contributed by atoms with Gasteiger partial charge in [-0.2, -0.15) is 8.78 Å². The Bertz CT molecular complexity index is 779. The fraction of sp³-hybridized carbons (Fsp3) is 0.222. The van der Waals surface area contributed by atoms with Gasteiger partial charge in [0.2, 0.25) is 5.91 Å². The molecule has 0 aliphatic rings. The van der Waals surface area contributed by atoms with Crippen molar-refractivity contribution in [3.8, 4) is 5.75 Å². The summed E-state index contributed by atoms with van der Waals surface area (Å²) in [5, 5.41) is 5.04. The fourth-order valence-electron chi connectivity index (χ4n) is 2.13. The Morgan fingerprint density at radius 3 is 2.48 bits per heavy atom. The number of alkyl halides is 2. The van der Waals surface area contributed by atoms with Crippen LogP contribution in [0.5, 0.6) is 5.75 Å². The van der Waals surface area contributed by atoms with Crippen LogP contribution in [0.3, 0.4) is 0 Å². The van der Waals surface area contributed by atoms with Crippen LogP contribution in [0.15, 0.2) is 42.5 Å². The highest BCUT2D eigenvalue weighted by atomic mass is 19.3. The molecule has 0 saturated carbocycles. The van der Waals surface area contributed by atoms with E-state index in [2.05, 4.69) is 15.4 Å².